The number of fused-ring (bicyclic) bond motifs is 1. The van der Waals surface area contributed by atoms with Crippen molar-refractivity contribution in [1.82, 2.24) is 19.9 Å². The number of nitrogens with two attached hydrogens (primary N) is 1. The summed E-state index contributed by atoms with van der Waals surface area (Å²) in [7, 11) is 0. The second-order valence-electron chi connectivity index (χ2n) is 4.34. The van der Waals surface area contributed by atoms with Gasteiger partial charge in [0.1, 0.15) is 18.0 Å². The third-order valence-electron chi connectivity index (χ3n) is 2.94. The molecule has 96 valence electrons. The fourth-order valence-corrected chi connectivity index (χ4v) is 1.98. The summed E-state index contributed by atoms with van der Waals surface area (Å²) in [6, 6.07) is 5.63. The number of nitrogen functional groups attached to an aromatic ring is 1. The summed E-state index contributed by atoms with van der Waals surface area (Å²) in [5.74, 6) is 1.64. The highest BCUT2D eigenvalue weighted by Gasteiger charge is 2.10. The molecule has 1 atom stereocenters. The molecule has 3 rings (SSSR count). The van der Waals surface area contributed by atoms with E-state index in [1.165, 1.54) is 6.33 Å². The van der Waals surface area contributed by atoms with Crippen molar-refractivity contribution in [2.75, 3.05) is 11.1 Å². The number of rotatable bonds is 3. The van der Waals surface area contributed by atoms with Crippen molar-refractivity contribution in [3.63, 3.8) is 0 Å². The van der Waals surface area contributed by atoms with Gasteiger partial charge in [-0.1, -0.05) is 0 Å². The van der Waals surface area contributed by atoms with Crippen LogP contribution in [-0.4, -0.2) is 19.9 Å². The Labute approximate surface area is 110 Å². The summed E-state index contributed by atoms with van der Waals surface area (Å²) < 4.78 is 0. The van der Waals surface area contributed by atoms with Gasteiger partial charge in [0.15, 0.2) is 0 Å². The molecule has 4 N–H and O–H groups in total. The van der Waals surface area contributed by atoms with Crippen LogP contribution in [-0.2, 0) is 0 Å². The van der Waals surface area contributed by atoms with Crippen LogP contribution < -0.4 is 11.1 Å². The van der Waals surface area contributed by atoms with Gasteiger partial charge >= 0.3 is 0 Å². The quantitative estimate of drug-likeness (QED) is 0.622. The van der Waals surface area contributed by atoms with E-state index in [-0.39, 0.29) is 6.04 Å². The Morgan fingerprint density at radius 2 is 2.16 bits per heavy atom. The van der Waals surface area contributed by atoms with Crippen molar-refractivity contribution in [3.05, 3.63) is 42.7 Å². The van der Waals surface area contributed by atoms with Gasteiger partial charge in [0.25, 0.3) is 0 Å². The molecule has 0 aliphatic heterocycles. The molecule has 0 aliphatic carbocycles. The van der Waals surface area contributed by atoms with Gasteiger partial charge in [0.2, 0.25) is 0 Å². The van der Waals surface area contributed by atoms with E-state index in [2.05, 4.69) is 25.3 Å². The second-order valence-corrected chi connectivity index (χ2v) is 4.34. The first-order valence-electron chi connectivity index (χ1n) is 6.00. The smallest absolute Gasteiger partial charge is 0.137 e. The number of aromatic amines is 1. The number of imidazole rings is 1. The van der Waals surface area contributed by atoms with Crippen LogP contribution in [0.15, 0.2) is 36.9 Å². The molecule has 0 fully saturated rings. The van der Waals surface area contributed by atoms with Crippen molar-refractivity contribution < 1.29 is 0 Å². The lowest BCUT2D eigenvalue weighted by Gasteiger charge is -2.13. The van der Waals surface area contributed by atoms with Crippen molar-refractivity contribution >= 4 is 22.4 Å². The van der Waals surface area contributed by atoms with Crippen LogP contribution in [0.5, 0.6) is 0 Å². The Morgan fingerprint density at radius 3 is 2.95 bits per heavy atom. The van der Waals surface area contributed by atoms with E-state index in [0.717, 1.165) is 22.5 Å². The molecule has 6 nitrogen and oxygen atoms in total. The van der Waals surface area contributed by atoms with Gasteiger partial charge in [-0.25, -0.2) is 15.0 Å². The fraction of sp³-hybridized carbons (Fsp3) is 0.154. The minimum absolute atomic E-state index is 0.0330. The number of nitrogens with one attached hydrogen (secondary N) is 2. The van der Waals surface area contributed by atoms with Crippen LogP contribution in [0.3, 0.4) is 0 Å². The molecule has 0 saturated carbocycles. The number of nitrogens with zero attached hydrogens (tertiary/aromatic N) is 3. The zero-order valence-electron chi connectivity index (χ0n) is 10.5. The molecule has 3 aromatic rings. The number of benzene rings is 1. The molecular formula is C13H14N6. The van der Waals surface area contributed by atoms with Crippen LogP contribution in [0.25, 0.3) is 10.9 Å². The zero-order valence-corrected chi connectivity index (χ0v) is 10.5. The van der Waals surface area contributed by atoms with Crippen LogP contribution >= 0.6 is 0 Å². The average Bonchev–Trinajstić information content (AvgIpc) is 2.92. The summed E-state index contributed by atoms with van der Waals surface area (Å²) in [5.41, 5.74) is 7.27. The lowest BCUT2D eigenvalue weighted by Crippen LogP contribution is -2.10. The fourth-order valence-electron chi connectivity index (χ4n) is 1.98. The predicted molar refractivity (Wildman–Crippen MR) is 74.6 cm³/mol. The van der Waals surface area contributed by atoms with Gasteiger partial charge in [-0.2, -0.15) is 0 Å². The number of anilines is 2. The molecule has 6 heteroatoms. The molecule has 2 aromatic heterocycles. The number of hydrogen-bond acceptors (Lipinski definition) is 5. The highest BCUT2D eigenvalue weighted by Crippen LogP contribution is 2.24. The summed E-state index contributed by atoms with van der Waals surface area (Å²) >= 11 is 0. The van der Waals surface area contributed by atoms with E-state index in [9.17, 15) is 0 Å². The number of hydrogen-bond donors (Lipinski definition) is 3. The lowest BCUT2D eigenvalue weighted by atomic mass is 10.2. The molecule has 0 aliphatic rings. The molecule has 0 bridgehead atoms. The SMILES string of the molecule is CC(Nc1ncnc2cc(N)ccc12)c1ncc[nH]1. The molecule has 1 aromatic carbocycles. The molecule has 2 heterocycles. The first kappa shape index (κ1) is 11.5. The van der Waals surface area contributed by atoms with Gasteiger partial charge in [-0.15, -0.1) is 0 Å². The van der Waals surface area contributed by atoms with Crippen LogP contribution in [0.4, 0.5) is 11.5 Å². The molecule has 1 unspecified atom stereocenters. The van der Waals surface area contributed by atoms with Gasteiger partial charge in [0.05, 0.1) is 11.6 Å². The van der Waals surface area contributed by atoms with E-state index in [0.29, 0.717) is 5.69 Å². The van der Waals surface area contributed by atoms with E-state index in [1.54, 1.807) is 12.4 Å². The average molecular weight is 254 g/mol. The summed E-state index contributed by atoms with van der Waals surface area (Å²) in [6.07, 6.45) is 5.05. The molecule has 0 radical (unpaired) electrons. The van der Waals surface area contributed by atoms with Gasteiger partial charge in [-0.05, 0) is 25.1 Å². The van der Waals surface area contributed by atoms with Crippen LogP contribution in [0.1, 0.15) is 18.8 Å². The van der Waals surface area contributed by atoms with E-state index in [1.807, 2.05) is 25.1 Å². The molecule has 0 saturated heterocycles. The van der Waals surface area contributed by atoms with Crippen LogP contribution in [0.2, 0.25) is 0 Å². The molecule has 19 heavy (non-hydrogen) atoms. The first-order chi connectivity index (χ1) is 9.24. The first-order valence-corrected chi connectivity index (χ1v) is 6.00. The maximum atomic E-state index is 5.76. The molecular weight excluding hydrogens is 240 g/mol. The standard InChI is InChI=1S/C13H14N6/c1-8(12-15-4-5-16-12)19-13-10-3-2-9(14)6-11(10)17-7-18-13/h2-8H,14H2,1H3,(H,15,16)(H,17,18,19). The topological polar surface area (TPSA) is 92.5 Å². The Balaban J connectivity index is 1.97. The van der Waals surface area contributed by atoms with Gasteiger partial charge in [-0.3, -0.25) is 0 Å². The van der Waals surface area contributed by atoms with Crippen molar-refractivity contribution in [1.29, 1.82) is 0 Å². The van der Waals surface area contributed by atoms with Crippen molar-refractivity contribution in [2.45, 2.75) is 13.0 Å². The monoisotopic (exact) mass is 254 g/mol. The third-order valence-corrected chi connectivity index (χ3v) is 2.94. The summed E-state index contributed by atoms with van der Waals surface area (Å²) in [5, 5.41) is 4.26. The summed E-state index contributed by atoms with van der Waals surface area (Å²) in [4.78, 5) is 15.8. The van der Waals surface area contributed by atoms with E-state index >= 15 is 0 Å². The highest BCUT2D eigenvalue weighted by molar-refractivity contribution is 5.90. The Bertz CT molecular complexity index is 691. The van der Waals surface area contributed by atoms with Gasteiger partial charge < -0.3 is 16.0 Å². The maximum absolute atomic E-state index is 5.76. The van der Waals surface area contributed by atoms with Crippen LogP contribution in [0, 0.1) is 0 Å². The zero-order chi connectivity index (χ0) is 13.2. The highest BCUT2D eigenvalue weighted by atomic mass is 15.1. The van der Waals surface area contributed by atoms with Crippen molar-refractivity contribution in [3.8, 4) is 0 Å². The second kappa shape index (κ2) is 4.56. The van der Waals surface area contributed by atoms with Crippen molar-refractivity contribution in [2.24, 2.45) is 0 Å². The Hall–Kier alpha value is -2.63. The minimum atomic E-state index is 0.0330. The van der Waals surface area contributed by atoms with Gasteiger partial charge in [0, 0.05) is 23.5 Å². The maximum Gasteiger partial charge on any atom is 0.137 e. The van der Waals surface area contributed by atoms with E-state index < -0.39 is 0 Å². The van der Waals surface area contributed by atoms with E-state index in [4.69, 9.17) is 5.73 Å². The summed E-state index contributed by atoms with van der Waals surface area (Å²) in [6.45, 7) is 2.02. The molecule has 0 spiro atoms. The third kappa shape index (κ3) is 2.20. The largest absolute Gasteiger partial charge is 0.399 e. The Kier molecular flexibility index (Phi) is 2.75. The Morgan fingerprint density at radius 1 is 1.26 bits per heavy atom. The predicted octanol–water partition coefficient (Wildman–Crippen LogP) is 2.11. The minimum Gasteiger partial charge on any atom is -0.399 e. The number of aromatic nitrogens is 4. The number of H-pyrrole nitrogens is 1. The molecule has 0 amide bonds. The normalized spacial score (nSPS) is 12.5. The lowest BCUT2D eigenvalue weighted by molar-refractivity contribution is 0.805.